The minimum Gasteiger partial charge on any atom is -0.342 e. The average molecular weight is 267 g/mol. The molecule has 1 heterocycles. The molecule has 0 fully saturated rings. The van der Waals surface area contributed by atoms with Crippen LogP contribution in [0, 0.1) is 0 Å². The Kier molecular flexibility index (Phi) is 6.01. The fourth-order valence-corrected chi connectivity index (χ4v) is 1.68. The Morgan fingerprint density at radius 1 is 1.42 bits per heavy atom. The predicted octanol–water partition coefficient (Wildman–Crippen LogP) is -0.560. The van der Waals surface area contributed by atoms with Gasteiger partial charge in [-0.2, -0.15) is 0 Å². The van der Waals surface area contributed by atoms with Gasteiger partial charge in [-0.25, -0.2) is 4.98 Å². The van der Waals surface area contributed by atoms with E-state index in [-0.39, 0.29) is 18.4 Å². The number of nitrogens with one attached hydrogen (secondary N) is 1. The first-order valence-electron chi connectivity index (χ1n) is 6.40. The summed E-state index contributed by atoms with van der Waals surface area (Å²) in [6.45, 7) is 6.16. The van der Waals surface area contributed by atoms with Crippen molar-refractivity contribution in [3.05, 3.63) is 18.2 Å². The van der Waals surface area contributed by atoms with Crippen molar-refractivity contribution >= 4 is 11.8 Å². The second-order valence-electron chi connectivity index (χ2n) is 4.03. The Balaban J connectivity index is 2.48. The van der Waals surface area contributed by atoms with E-state index < -0.39 is 0 Å². The highest BCUT2D eigenvalue weighted by molar-refractivity contribution is 5.94. The zero-order valence-corrected chi connectivity index (χ0v) is 11.4. The van der Waals surface area contributed by atoms with Gasteiger partial charge in [0.15, 0.2) is 0 Å². The number of carbonyl (C=O) groups excluding carboxylic acids is 2. The van der Waals surface area contributed by atoms with Crippen LogP contribution < -0.4 is 11.1 Å². The number of rotatable bonds is 7. The lowest BCUT2D eigenvalue weighted by Crippen LogP contribution is -2.40. The van der Waals surface area contributed by atoms with Gasteiger partial charge in [-0.15, -0.1) is 0 Å². The quantitative estimate of drug-likeness (QED) is 0.692. The molecule has 0 saturated carbocycles. The average Bonchev–Trinajstić information content (AvgIpc) is 2.86. The van der Waals surface area contributed by atoms with Crippen molar-refractivity contribution in [3.8, 4) is 0 Å². The van der Waals surface area contributed by atoms with Crippen molar-refractivity contribution in [2.24, 2.45) is 5.73 Å². The number of amides is 2. The monoisotopic (exact) mass is 267 g/mol. The maximum atomic E-state index is 11.8. The molecule has 0 saturated heterocycles. The largest absolute Gasteiger partial charge is 0.342 e. The van der Waals surface area contributed by atoms with E-state index in [1.807, 2.05) is 13.8 Å². The molecule has 19 heavy (non-hydrogen) atoms. The smallest absolute Gasteiger partial charge is 0.271 e. The van der Waals surface area contributed by atoms with Gasteiger partial charge in [0.25, 0.3) is 5.91 Å². The Morgan fingerprint density at radius 3 is 2.68 bits per heavy atom. The van der Waals surface area contributed by atoms with Crippen molar-refractivity contribution < 1.29 is 9.59 Å². The van der Waals surface area contributed by atoms with Gasteiger partial charge in [-0.3, -0.25) is 9.59 Å². The Bertz CT molecular complexity index is 426. The summed E-state index contributed by atoms with van der Waals surface area (Å²) in [5, 5.41) is 2.57. The van der Waals surface area contributed by atoms with Crippen LogP contribution in [-0.4, -0.2) is 52.4 Å². The van der Waals surface area contributed by atoms with Crippen LogP contribution in [0.3, 0.4) is 0 Å². The molecule has 0 aliphatic rings. The number of imidazole rings is 1. The SMILES string of the molecule is CCN(CC)C(=O)CNC(=O)c1cn(CCN)cn1. The highest BCUT2D eigenvalue weighted by atomic mass is 16.2. The van der Waals surface area contributed by atoms with Crippen LogP contribution in [0.4, 0.5) is 0 Å². The zero-order chi connectivity index (χ0) is 14.3. The first-order chi connectivity index (χ1) is 9.12. The summed E-state index contributed by atoms with van der Waals surface area (Å²) in [6.07, 6.45) is 3.16. The first-order valence-corrected chi connectivity index (χ1v) is 6.40. The maximum Gasteiger partial charge on any atom is 0.271 e. The Morgan fingerprint density at radius 2 is 2.11 bits per heavy atom. The number of nitrogens with zero attached hydrogens (tertiary/aromatic N) is 3. The third kappa shape index (κ3) is 4.36. The predicted molar refractivity (Wildman–Crippen MR) is 71.5 cm³/mol. The van der Waals surface area contributed by atoms with Gasteiger partial charge in [-0.05, 0) is 13.8 Å². The number of hydrogen-bond acceptors (Lipinski definition) is 4. The second kappa shape index (κ2) is 7.52. The van der Waals surface area contributed by atoms with Crippen molar-refractivity contribution in [2.45, 2.75) is 20.4 Å². The lowest BCUT2D eigenvalue weighted by molar-refractivity contribution is -0.129. The van der Waals surface area contributed by atoms with Crippen LogP contribution in [-0.2, 0) is 11.3 Å². The zero-order valence-electron chi connectivity index (χ0n) is 11.4. The van der Waals surface area contributed by atoms with Gasteiger partial charge < -0.3 is 20.5 Å². The standard InChI is InChI=1S/C12H21N5O2/c1-3-17(4-2)11(18)7-14-12(19)10-8-16(6-5-13)9-15-10/h8-9H,3-7,13H2,1-2H3,(H,14,19). The molecule has 0 aliphatic carbocycles. The summed E-state index contributed by atoms with van der Waals surface area (Å²) < 4.78 is 1.74. The first kappa shape index (κ1) is 15.2. The fourth-order valence-electron chi connectivity index (χ4n) is 1.68. The number of hydrogen-bond donors (Lipinski definition) is 2. The number of carbonyl (C=O) groups is 2. The summed E-state index contributed by atoms with van der Waals surface area (Å²) in [7, 11) is 0. The molecule has 1 aromatic heterocycles. The molecule has 7 heteroatoms. The van der Waals surface area contributed by atoms with Crippen molar-refractivity contribution in [2.75, 3.05) is 26.2 Å². The molecule has 3 N–H and O–H groups in total. The van der Waals surface area contributed by atoms with E-state index >= 15 is 0 Å². The summed E-state index contributed by atoms with van der Waals surface area (Å²) in [5.74, 6) is -0.448. The van der Waals surface area contributed by atoms with Crippen LogP contribution in [0.15, 0.2) is 12.5 Å². The van der Waals surface area contributed by atoms with E-state index in [0.29, 0.717) is 31.9 Å². The van der Waals surface area contributed by atoms with Crippen molar-refractivity contribution in [3.63, 3.8) is 0 Å². The minimum atomic E-state index is -0.351. The van der Waals surface area contributed by atoms with Gasteiger partial charge in [0, 0.05) is 32.4 Å². The lowest BCUT2D eigenvalue weighted by atomic mass is 10.4. The molecule has 7 nitrogen and oxygen atoms in total. The molecular formula is C12H21N5O2. The van der Waals surface area contributed by atoms with Crippen LogP contribution in [0.2, 0.25) is 0 Å². The topological polar surface area (TPSA) is 93.2 Å². The highest BCUT2D eigenvalue weighted by Crippen LogP contribution is 1.96. The fraction of sp³-hybridized carbons (Fsp3) is 0.583. The molecule has 0 aromatic carbocycles. The van der Waals surface area contributed by atoms with E-state index in [1.54, 1.807) is 22.0 Å². The van der Waals surface area contributed by atoms with Crippen LogP contribution >= 0.6 is 0 Å². The second-order valence-corrected chi connectivity index (χ2v) is 4.03. The molecule has 1 rings (SSSR count). The summed E-state index contributed by atoms with van der Waals surface area (Å²) in [4.78, 5) is 29.1. The molecule has 2 amide bonds. The van der Waals surface area contributed by atoms with Gasteiger partial charge in [0.2, 0.25) is 5.91 Å². The van der Waals surface area contributed by atoms with Gasteiger partial charge >= 0.3 is 0 Å². The molecule has 0 radical (unpaired) electrons. The van der Waals surface area contributed by atoms with E-state index in [4.69, 9.17) is 5.73 Å². The van der Waals surface area contributed by atoms with E-state index in [9.17, 15) is 9.59 Å². The third-order valence-corrected chi connectivity index (χ3v) is 2.77. The number of likely N-dealkylation sites (N-methyl/N-ethyl adjacent to an activating group) is 1. The van der Waals surface area contributed by atoms with E-state index in [2.05, 4.69) is 10.3 Å². The summed E-state index contributed by atoms with van der Waals surface area (Å²) in [6, 6.07) is 0. The number of nitrogens with two attached hydrogens (primary N) is 1. The van der Waals surface area contributed by atoms with Crippen LogP contribution in [0.1, 0.15) is 24.3 Å². The maximum absolute atomic E-state index is 11.8. The number of aromatic nitrogens is 2. The molecule has 106 valence electrons. The van der Waals surface area contributed by atoms with E-state index in [1.165, 1.54) is 0 Å². The van der Waals surface area contributed by atoms with Gasteiger partial charge in [0.05, 0.1) is 12.9 Å². The molecule has 0 aliphatic heterocycles. The van der Waals surface area contributed by atoms with Gasteiger partial charge in [0.1, 0.15) is 5.69 Å². The summed E-state index contributed by atoms with van der Waals surface area (Å²) >= 11 is 0. The minimum absolute atomic E-state index is 0.00966. The van der Waals surface area contributed by atoms with Crippen LogP contribution in [0.25, 0.3) is 0 Å². The Labute approximate surface area is 112 Å². The molecule has 0 atom stereocenters. The van der Waals surface area contributed by atoms with E-state index in [0.717, 1.165) is 0 Å². The normalized spacial score (nSPS) is 10.3. The molecule has 0 spiro atoms. The molecule has 0 bridgehead atoms. The molecule has 1 aromatic rings. The van der Waals surface area contributed by atoms with Crippen LogP contribution in [0.5, 0.6) is 0 Å². The Hall–Kier alpha value is -1.89. The van der Waals surface area contributed by atoms with Gasteiger partial charge in [-0.1, -0.05) is 0 Å². The highest BCUT2D eigenvalue weighted by Gasteiger charge is 2.13. The van der Waals surface area contributed by atoms with Crippen molar-refractivity contribution in [1.82, 2.24) is 19.8 Å². The summed E-state index contributed by atoms with van der Waals surface area (Å²) in [5.41, 5.74) is 5.70. The molecule has 0 unspecified atom stereocenters. The molecular weight excluding hydrogens is 246 g/mol. The lowest BCUT2D eigenvalue weighted by Gasteiger charge is -2.18. The van der Waals surface area contributed by atoms with Crippen molar-refractivity contribution in [1.29, 1.82) is 0 Å². The third-order valence-electron chi connectivity index (χ3n) is 2.77.